The average molecular weight is 778 g/mol. The highest BCUT2D eigenvalue weighted by molar-refractivity contribution is 5.76. The van der Waals surface area contributed by atoms with Gasteiger partial charge in [0.1, 0.15) is 0 Å². The van der Waals surface area contributed by atoms with Gasteiger partial charge in [0.25, 0.3) is 0 Å². The van der Waals surface area contributed by atoms with Crippen LogP contribution in [0.4, 0.5) is 0 Å². The van der Waals surface area contributed by atoms with Gasteiger partial charge in [-0.15, -0.1) is 0 Å². The highest BCUT2D eigenvalue weighted by atomic mass is 16.3. The smallest absolute Gasteiger partial charge is 0.220 e. The summed E-state index contributed by atoms with van der Waals surface area (Å²) in [6.45, 7) is 4.18. The van der Waals surface area contributed by atoms with E-state index in [2.05, 4.69) is 92.1 Å². The quantitative estimate of drug-likeness (QED) is 0.0427. The Hall–Kier alpha value is -2.43. The number of unbranched alkanes of at least 4 members (excludes halogenated alkanes) is 23. The van der Waals surface area contributed by atoms with Crippen LogP contribution in [0.1, 0.15) is 219 Å². The van der Waals surface area contributed by atoms with Crippen LogP contribution in [-0.2, 0) is 4.79 Å². The molecule has 56 heavy (non-hydrogen) atoms. The van der Waals surface area contributed by atoms with E-state index in [0.29, 0.717) is 6.42 Å². The Morgan fingerprint density at radius 3 is 1.18 bits per heavy atom. The standard InChI is InChI=1S/C52H91NO3/c1-3-5-7-9-11-13-15-17-18-19-20-21-22-23-24-25-26-27-28-29-30-31-32-33-34-36-38-40-42-44-46-48-52(56)53-50(49-54)51(55)47-45-43-41-39-37-35-16-14-12-10-8-6-4-2/h5,7,11,13,17-18,20-21,23-24,26-27,45,47,50-51,54-55H,3-4,6,8-10,12,14-16,19,22,25,28-44,46,48-49H2,1-2H3,(H,53,56)/b7-5-,13-11-,18-17-,21-20-,24-23-,27-26-,47-45+. The molecule has 0 aliphatic heterocycles. The van der Waals surface area contributed by atoms with Crippen molar-refractivity contribution in [3.63, 3.8) is 0 Å². The lowest BCUT2D eigenvalue weighted by Crippen LogP contribution is -2.45. The van der Waals surface area contributed by atoms with Gasteiger partial charge >= 0.3 is 0 Å². The summed E-state index contributed by atoms with van der Waals surface area (Å²) >= 11 is 0. The minimum atomic E-state index is -0.843. The van der Waals surface area contributed by atoms with Gasteiger partial charge in [0.15, 0.2) is 0 Å². The molecule has 0 fully saturated rings. The average Bonchev–Trinajstić information content (AvgIpc) is 3.20. The lowest BCUT2D eigenvalue weighted by molar-refractivity contribution is -0.123. The number of carbonyl (C=O) groups excluding carboxylic acids is 1. The molecule has 4 nitrogen and oxygen atoms in total. The Morgan fingerprint density at radius 2 is 0.786 bits per heavy atom. The maximum atomic E-state index is 12.4. The van der Waals surface area contributed by atoms with Crippen molar-refractivity contribution in [3.8, 4) is 0 Å². The Bertz CT molecular complexity index is 1020. The van der Waals surface area contributed by atoms with Crippen LogP contribution in [0, 0.1) is 0 Å². The predicted octanol–water partition coefficient (Wildman–Crippen LogP) is 15.2. The molecular weight excluding hydrogens is 687 g/mol. The van der Waals surface area contributed by atoms with Crippen LogP contribution in [0.3, 0.4) is 0 Å². The van der Waals surface area contributed by atoms with E-state index >= 15 is 0 Å². The van der Waals surface area contributed by atoms with E-state index in [-0.39, 0.29) is 12.5 Å². The second-order valence-electron chi connectivity index (χ2n) is 15.8. The van der Waals surface area contributed by atoms with Crippen molar-refractivity contribution in [2.45, 2.75) is 231 Å². The van der Waals surface area contributed by atoms with Crippen molar-refractivity contribution in [1.82, 2.24) is 5.32 Å². The van der Waals surface area contributed by atoms with Crippen molar-refractivity contribution in [2.24, 2.45) is 0 Å². The SMILES string of the molecule is CC/C=C\C/C=C\C/C=C\C/C=C\C/C=C\C/C=C\CCCCCCCCCCCCCCC(=O)NC(CO)C(O)/C=C/CCCCCCCCCCCCC. The molecule has 0 bridgehead atoms. The molecule has 2 unspecified atom stereocenters. The number of hydrogen-bond donors (Lipinski definition) is 3. The molecule has 0 saturated heterocycles. The molecular formula is C52H91NO3. The third-order valence-corrected chi connectivity index (χ3v) is 10.4. The molecule has 322 valence electrons. The van der Waals surface area contributed by atoms with Crippen LogP contribution in [0.25, 0.3) is 0 Å². The van der Waals surface area contributed by atoms with E-state index in [9.17, 15) is 15.0 Å². The molecule has 0 spiro atoms. The van der Waals surface area contributed by atoms with Crippen LogP contribution in [0.2, 0.25) is 0 Å². The zero-order chi connectivity index (χ0) is 40.7. The molecule has 0 heterocycles. The Balaban J connectivity index is 3.56. The number of aliphatic hydroxyl groups excluding tert-OH is 2. The van der Waals surface area contributed by atoms with Gasteiger partial charge in [0.05, 0.1) is 18.8 Å². The Kier molecular flexibility index (Phi) is 44.9. The summed E-state index contributed by atoms with van der Waals surface area (Å²) in [5.74, 6) is -0.0702. The van der Waals surface area contributed by atoms with Gasteiger partial charge in [-0.2, -0.15) is 0 Å². The van der Waals surface area contributed by atoms with Crippen molar-refractivity contribution in [1.29, 1.82) is 0 Å². The van der Waals surface area contributed by atoms with Crippen molar-refractivity contribution < 1.29 is 15.0 Å². The summed E-state index contributed by atoms with van der Waals surface area (Å²) in [5.41, 5.74) is 0. The van der Waals surface area contributed by atoms with Gasteiger partial charge in [0.2, 0.25) is 5.91 Å². The summed E-state index contributed by atoms with van der Waals surface area (Å²) in [5, 5.41) is 23.0. The number of hydrogen-bond acceptors (Lipinski definition) is 3. The normalized spacial score (nSPS) is 13.7. The first kappa shape index (κ1) is 53.6. The fourth-order valence-electron chi connectivity index (χ4n) is 6.77. The third-order valence-electron chi connectivity index (χ3n) is 10.4. The number of carbonyl (C=O) groups is 1. The molecule has 0 rings (SSSR count). The van der Waals surface area contributed by atoms with Crippen molar-refractivity contribution in [3.05, 3.63) is 85.1 Å². The minimum absolute atomic E-state index is 0.0702. The minimum Gasteiger partial charge on any atom is -0.394 e. The predicted molar refractivity (Wildman–Crippen MR) is 248 cm³/mol. The van der Waals surface area contributed by atoms with Crippen LogP contribution < -0.4 is 5.32 Å². The molecule has 0 aromatic rings. The van der Waals surface area contributed by atoms with Gasteiger partial charge in [-0.05, 0) is 70.6 Å². The Labute approximate surface area is 348 Å². The summed E-state index contributed by atoms with van der Waals surface area (Å²) in [7, 11) is 0. The summed E-state index contributed by atoms with van der Waals surface area (Å²) in [6.07, 6.45) is 68.4. The van der Waals surface area contributed by atoms with Crippen LogP contribution in [-0.4, -0.2) is 34.9 Å². The molecule has 0 aliphatic rings. The van der Waals surface area contributed by atoms with E-state index in [1.54, 1.807) is 6.08 Å². The van der Waals surface area contributed by atoms with Crippen molar-refractivity contribution in [2.75, 3.05) is 6.61 Å². The second kappa shape index (κ2) is 46.9. The van der Waals surface area contributed by atoms with E-state index in [0.717, 1.165) is 64.2 Å². The number of amides is 1. The van der Waals surface area contributed by atoms with Gasteiger partial charge in [0, 0.05) is 6.42 Å². The fraction of sp³-hybridized carbons (Fsp3) is 0.712. The first-order chi connectivity index (χ1) is 27.7. The molecule has 0 aliphatic carbocycles. The Morgan fingerprint density at radius 1 is 0.446 bits per heavy atom. The number of nitrogens with one attached hydrogen (secondary N) is 1. The van der Waals surface area contributed by atoms with Gasteiger partial charge < -0.3 is 15.5 Å². The molecule has 3 N–H and O–H groups in total. The lowest BCUT2D eigenvalue weighted by atomic mass is 10.0. The highest BCUT2D eigenvalue weighted by Crippen LogP contribution is 2.14. The molecule has 2 atom stereocenters. The zero-order valence-electron chi connectivity index (χ0n) is 36.9. The summed E-state index contributed by atoms with van der Waals surface area (Å²) < 4.78 is 0. The molecule has 0 aromatic heterocycles. The van der Waals surface area contributed by atoms with E-state index < -0.39 is 12.1 Å². The van der Waals surface area contributed by atoms with Crippen molar-refractivity contribution >= 4 is 5.91 Å². The third kappa shape index (κ3) is 42.7. The molecule has 4 heteroatoms. The first-order valence-corrected chi connectivity index (χ1v) is 23.8. The van der Waals surface area contributed by atoms with E-state index in [4.69, 9.17) is 0 Å². The number of allylic oxidation sites excluding steroid dienone is 13. The van der Waals surface area contributed by atoms with E-state index in [1.165, 1.54) is 135 Å². The summed E-state index contributed by atoms with van der Waals surface area (Å²) in [4.78, 5) is 12.4. The van der Waals surface area contributed by atoms with Crippen LogP contribution in [0.5, 0.6) is 0 Å². The molecule has 0 saturated carbocycles. The topological polar surface area (TPSA) is 69.6 Å². The van der Waals surface area contributed by atoms with Gasteiger partial charge in [-0.1, -0.05) is 227 Å². The van der Waals surface area contributed by atoms with Crippen LogP contribution in [0.15, 0.2) is 85.1 Å². The van der Waals surface area contributed by atoms with Crippen LogP contribution >= 0.6 is 0 Å². The maximum absolute atomic E-state index is 12.4. The zero-order valence-corrected chi connectivity index (χ0v) is 36.9. The highest BCUT2D eigenvalue weighted by Gasteiger charge is 2.17. The molecule has 0 radical (unpaired) electrons. The number of aliphatic hydroxyl groups is 2. The van der Waals surface area contributed by atoms with E-state index in [1.807, 2.05) is 6.08 Å². The largest absolute Gasteiger partial charge is 0.394 e. The molecule has 1 amide bonds. The first-order valence-electron chi connectivity index (χ1n) is 23.8. The maximum Gasteiger partial charge on any atom is 0.220 e. The monoisotopic (exact) mass is 778 g/mol. The van der Waals surface area contributed by atoms with Gasteiger partial charge in [-0.25, -0.2) is 0 Å². The lowest BCUT2D eigenvalue weighted by Gasteiger charge is -2.20. The molecule has 0 aromatic carbocycles. The number of rotatable bonds is 42. The fourth-order valence-corrected chi connectivity index (χ4v) is 6.77. The summed E-state index contributed by atoms with van der Waals surface area (Å²) in [6, 6.07) is -0.626. The van der Waals surface area contributed by atoms with Gasteiger partial charge in [-0.3, -0.25) is 4.79 Å². The second-order valence-corrected chi connectivity index (χ2v) is 15.8.